The van der Waals surface area contributed by atoms with Crippen LogP contribution in [0.5, 0.6) is 11.5 Å². The Hall–Kier alpha value is -1.13. The first-order chi connectivity index (χ1) is 7.91. The van der Waals surface area contributed by atoms with Crippen LogP contribution >= 0.6 is 23.2 Å². The molecule has 0 spiro atoms. The van der Waals surface area contributed by atoms with Gasteiger partial charge in [0.2, 0.25) is 0 Å². The molecular formula is C11H13Cl2NO3. The number of benzene rings is 1. The van der Waals surface area contributed by atoms with Crippen molar-refractivity contribution >= 4 is 29.1 Å². The van der Waals surface area contributed by atoms with Crippen LogP contribution in [0.3, 0.4) is 0 Å². The first kappa shape index (κ1) is 13.9. The molecule has 1 aromatic rings. The minimum Gasteiger partial charge on any atom is -0.504 e. The third kappa shape index (κ3) is 3.41. The molecule has 0 fully saturated rings. The molecule has 0 aliphatic carbocycles. The minimum atomic E-state index is -0.715. The summed E-state index contributed by atoms with van der Waals surface area (Å²) in [6, 6.07) is 3.81. The summed E-state index contributed by atoms with van der Waals surface area (Å²) < 4.78 is 0. The van der Waals surface area contributed by atoms with E-state index >= 15 is 0 Å². The lowest BCUT2D eigenvalue weighted by molar-refractivity contribution is 0.0921. The molecular weight excluding hydrogens is 265 g/mol. The lowest BCUT2D eigenvalue weighted by atomic mass is 10.1. The molecule has 17 heavy (non-hydrogen) atoms. The summed E-state index contributed by atoms with van der Waals surface area (Å²) in [6.45, 7) is 1.71. The molecule has 6 heteroatoms. The maximum absolute atomic E-state index is 11.8. The van der Waals surface area contributed by atoms with Crippen LogP contribution in [-0.2, 0) is 0 Å². The van der Waals surface area contributed by atoms with Crippen LogP contribution in [0.2, 0.25) is 0 Å². The highest BCUT2D eigenvalue weighted by atomic mass is 35.5. The summed E-state index contributed by atoms with van der Waals surface area (Å²) in [4.78, 5) is 11.8. The summed E-state index contributed by atoms with van der Waals surface area (Å²) in [7, 11) is 0. The number of hydrogen-bond donors (Lipinski definition) is 3. The average molecular weight is 278 g/mol. The predicted octanol–water partition coefficient (Wildman–Crippen LogP) is 2.06. The van der Waals surface area contributed by atoms with Crippen molar-refractivity contribution < 1.29 is 15.0 Å². The van der Waals surface area contributed by atoms with Crippen molar-refractivity contribution in [1.82, 2.24) is 5.32 Å². The van der Waals surface area contributed by atoms with E-state index in [1.54, 1.807) is 6.92 Å². The Morgan fingerprint density at radius 2 is 1.88 bits per heavy atom. The van der Waals surface area contributed by atoms with Crippen LogP contribution in [0.4, 0.5) is 0 Å². The second kappa shape index (κ2) is 5.47. The summed E-state index contributed by atoms with van der Waals surface area (Å²) in [6.07, 6.45) is 0. The minimum absolute atomic E-state index is 0.173. The van der Waals surface area contributed by atoms with Crippen molar-refractivity contribution in [2.24, 2.45) is 0 Å². The van der Waals surface area contributed by atoms with Crippen LogP contribution in [0, 0.1) is 0 Å². The maximum atomic E-state index is 11.8. The molecule has 1 amide bonds. The van der Waals surface area contributed by atoms with E-state index < -0.39 is 11.4 Å². The first-order valence-electron chi connectivity index (χ1n) is 4.88. The van der Waals surface area contributed by atoms with E-state index in [0.717, 1.165) is 0 Å². The number of hydrogen-bond acceptors (Lipinski definition) is 3. The quantitative estimate of drug-likeness (QED) is 0.583. The maximum Gasteiger partial charge on any atom is 0.251 e. The van der Waals surface area contributed by atoms with Gasteiger partial charge in [0.1, 0.15) is 0 Å². The largest absolute Gasteiger partial charge is 0.504 e. The number of carbonyl (C=O) groups is 1. The Morgan fingerprint density at radius 1 is 1.29 bits per heavy atom. The monoisotopic (exact) mass is 277 g/mol. The van der Waals surface area contributed by atoms with E-state index in [2.05, 4.69) is 5.32 Å². The summed E-state index contributed by atoms with van der Waals surface area (Å²) in [5.41, 5.74) is -0.491. The summed E-state index contributed by atoms with van der Waals surface area (Å²) in [5.74, 6) is -0.697. The van der Waals surface area contributed by atoms with E-state index in [1.165, 1.54) is 18.2 Å². The molecule has 0 bridgehead atoms. The molecule has 1 rings (SSSR count). The fraction of sp³-hybridized carbons (Fsp3) is 0.364. The number of phenolic OH excluding ortho intramolecular Hbond substituents is 2. The molecule has 0 aliphatic heterocycles. The van der Waals surface area contributed by atoms with Gasteiger partial charge in [-0.1, -0.05) is 0 Å². The van der Waals surface area contributed by atoms with Gasteiger partial charge in [-0.15, -0.1) is 23.2 Å². The number of carbonyl (C=O) groups excluding carboxylic acids is 1. The smallest absolute Gasteiger partial charge is 0.251 e. The van der Waals surface area contributed by atoms with Crippen LogP contribution in [0.1, 0.15) is 17.3 Å². The van der Waals surface area contributed by atoms with E-state index in [0.29, 0.717) is 0 Å². The molecule has 0 atom stereocenters. The van der Waals surface area contributed by atoms with E-state index in [1.807, 2.05) is 0 Å². The standard InChI is InChI=1S/C11H13Cl2NO3/c1-11(5-12,6-13)14-10(17)7-2-3-8(15)9(16)4-7/h2-4,15-16H,5-6H2,1H3,(H,14,17). The Balaban J connectivity index is 2.86. The zero-order chi connectivity index (χ0) is 13.1. The van der Waals surface area contributed by atoms with Crippen LogP contribution < -0.4 is 5.32 Å². The van der Waals surface area contributed by atoms with Gasteiger partial charge in [0, 0.05) is 17.3 Å². The average Bonchev–Trinajstić information content (AvgIpc) is 2.32. The number of amides is 1. The van der Waals surface area contributed by atoms with Crippen LogP contribution in [0.15, 0.2) is 18.2 Å². The fourth-order valence-electron chi connectivity index (χ4n) is 1.11. The van der Waals surface area contributed by atoms with E-state index in [9.17, 15) is 9.90 Å². The van der Waals surface area contributed by atoms with Crippen LogP contribution in [-0.4, -0.2) is 33.4 Å². The molecule has 0 unspecified atom stereocenters. The highest BCUT2D eigenvalue weighted by Crippen LogP contribution is 2.25. The highest BCUT2D eigenvalue weighted by Gasteiger charge is 2.25. The van der Waals surface area contributed by atoms with Gasteiger partial charge in [0.25, 0.3) is 5.91 Å². The number of nitrogens with one attached hydrogen (secondary N) is 1. The molecule has 0 saturated heterocycles. The molecule has 1 aromatic carbocycles. The van der Waals surface area contributed by atoms with Gasteiger partial charge in [-0.25, -0.2) is 0 Å². The van der Waals surface area contributed by atoms with Gasteiger partial charge < -0.3 is 15.5 Å². The number of alkyl halides is 2. The van der Waals surface area contributed by atoms with Gasteiger partial charge in [-0.2, -0.15) is 0 Å². The topological polar surface area (TPSA) is 69.6 Å². The van der Waals surface area contributed by atoms with Gasteiger partial charge in [0.05, 0.1) is 5.54 Å². The number of rotatable bonds is 4. The fourth-order valence-corrected chi connectivity index (χ4v) is 1.53. The van der Waals surface area contributed by atoms with E-state index in [4.69, 9.17) is 28.3 Å². The third-order valence-electron chi connectivity index (χ3n) is 2.24. The first-order valence-corrected chi connectivity index (χ1v) is 5.95. The molecule has 4 nitrogen and oxygen atoms in total. The number of aromatic hydroxyl groups is 2. The van der Waals surface area contributed by atoms with Gasteiger partial charge >= 0.3 is 0 Å². The van der Waals surface area contributed by atoms with Crippen LogP contribution in [0.25, 0.3) is 0 Å². The predicted molar refractivity (Wildman–Crippen MR) is 67.1 cm³/mol. The lowest BCUT2D eigenvalue weighted by Gasteiger charge is -2.25. The molecule has 3 N–H and O–H groups in total. The molecule has 94 valence electrons. The van der Waals surface area contributed by atoms with Crippen molar-refractivity contribution in [1.29, 1.82) is 0 Å². The van der Waals surface area contributed by atoms with Crippen molar-refractivity contribution in [2.75, 3.05) is 11.8 Å². The highest BCUT2D eigenvalue weighted by molar-refractivity contribution is 6.22. The zero-order valence-electron chi connectivity index (χ0n) is 9.20. The Morgan fingerprint density at radius 3 is 2.35 bits per heavy atom. The van der Waals surface area contributed by atoms with Gasteiger partial charge in [-0.3, -0.25) is 4.79 Å². The Labute approximate surface area is 109 Å². The van der Waals surface area contributed by atoms with E-state index in [-0.39, 0.29) is 28.8 Å². The Kier molecular flexibility index (Phi) is 4.48. The van der Waals surface area contributed by atoms with Crippen molar-refractivity contribution in [3.63, 3.8) is 0 Å². The zero-order valence-corrected chi connectivity index (χ0v) is 10.7. The number of phenols is 2. The normalized spacial score (nSPS) is 11.2. The second-order valence-electron chi connectivity index (χ2n) is 3.99. The molecule has 0 aliphatic rings. The SMILES string of the molecule is CC(CCl)(CCl)NC(=O)c1ccc(O)c(O)c1. The summed E-state index contributed by atoms with van der Waals surface area (Å²) in [5, 5.41) is 21.1. The Bertz CT molecular complexity index is 419. The van der Waals surface area contributed by atoms with Gasteiger partial charge in [-0.05, 0) is 25.1 Å². The summed E-state index contributed by atoms with van der Waals surface area (Å²) >= 11 is 11.4. The van der Waals surface area contributed by atoms with Crippen molar-refractivity contribution in [3.05, 3.63) is 23.8 Å². The molecule has 0 heterocycles. The lowest BCUT2D eigenvalue weighted by Crippen LogP contribution is -2.49. The molecule has 0 aromatic heterocycles. The van der Waals surface area contributed by atoms with Crippen molar-refractivity contribution in [3.8, 4) is 11.5 Å². The second-order valence-corrected chi connectivity index (χ2v) is 4.52. The molecule has 0 radical (unpaired) electrons. The number of halogens is 2. The molecule has 0 saturated carbocycles. The third-order valence-corrected chi connectivity index (χ3v) is 3.42. The van der Waals surface area contributed by atoms with Crippen molar-refractivity contribution in [2.45, 2.75) is 12.5 Å². The van der Waals surface area contributed by atoms with Gasteiger partial charge in [0.15, 0.2) is 11.5 Å².